The van der Waals surface area contributed by atoms with Gasteiger partial charge in [-0.2, -0.15) is 0 Å². The molecule has 0 saturated heterocycles. The van der Waals surface area contributed by atoms with Crippen LogP contribution in [0, 0.1) is 0 Å². The Labute approximate surface area is 74.9 Å². The van der Waals surface area contributed by atoms with Gasteiger partial charge >= 0.3 is 6.09 Å². The van der Waals surface area contributed by atoms with E-state index in [0.717, 1.165) is 0 Å². The van der Waals surface area contributed by atoms with Crippen LogP contribution in [0.3, 0.4) is 0 Å². The van der Waals surface area contributed by atoms with Crippen molar-refractivity contribution >= 4 is 6.09 Å². The number of ether oxygens (including phenoxy) is 1. The molecule has 0 saturated carbocycles. The van der Waals surface area contributed by atoms with Crippen LogP contribution in [0.2, 0.25) is 0 Å². The zero-order chi connectivity index (χ0) is 9.84. The summed E-state index contributed by atoms with van der Waals surface area (Å²) in [7, 11) is 3.08. The molecule has 1 aromatic rings. The zero-order valence-corrected chi connectivity index (χ0v) is 7.40. The summed E-state index contributed by atoms with van der Waals surface area (Å²) >= 11 is 0. The predicted octanol–water partition coefficient (Wildman–Crippen LogP) is 0.435. The molecule has 0 spiro atoms. The summed E-state index contributed by atoms with van der Waals surface area (Å²) < 4.78 is 4.75. The molecule has 0 aliphatic rings. The third kappa shape index (κ3) is 2.33. The molecule has 0 bridgehead atoms. The molecule has 70 valence electrons. The van der Waals surface area contributed by atoms with Crippen molar-refractivity contribution in [1.82, 2.24) is 9.88 Å². The number of pyridine rings is 1. The van der Waals surface area contributed by atoms with Gasteiger partial charge in [-0.05, 0) is 12.1 Å². The molecule has 0 atom stereocenters. The van der Waals surface area contributed by atoms with Gasteiger partial charge in [0.1, 0.15) is 0 Å². The Balaban J connectivity index is 2.81. The molecule has 5 heteroatoms. The summed E-state index contributed by atoms with van der Waals surface area (Å²) in [5.41, 5.74) is -0.419. The Morgan fingerprint density at radius 3 is 2.77 bits per heavy atom. The highest BCUT2D eigenvalue weighted by atomic mass is 16.6. The summed E-state index contributed by atoms with van der Waals surface area (Å²) in [6, 6.07) is 3.01. The van der Waals surface area contributed by atoms with Gasteiger partial charge in [0.2, 0.25) is 0 Å². The van der Waals surface area contributed by atoms with Gasteiger partial charge in [0.25, 0.3) is 5.56 Å². The number of H-pyrrole nitrogens is 1. The molecule has 1 heterocycles. The number of nitrogens with zero attached hydrogens (tertiary/aromatic N) is 1. The van der Waals surface area contributed by atoms with Gasteiger partial charge < -0.3 is 14.6 Å². The molecule has 0 aliphatic heterocycles. The second-order valence-corrected chi connectivity index (χ2v) is 2.63. The van der Waals surface area contributed by atoms with Gasteiger partial charge in [-0.1, -0.05) is 0 Å². The van der Waals surface area contributed by atoms with Crippen molar-refractivity contribution < 1.29 is 9.53 Å². The van der Waals surface area contributed by atoms with Crippen LogP contribution in [0.15, 0.2) is 23.1 Å². The quantitative estimate of drug-likeness (QED) is 0.685. The van der Waals surface area contributed by atoms with Crippen molar-refractivity contribution in [2.45, 2.75) is 0 Å². The van der Waals surface area contributed by atoms with Gasteiger partial charge in [0.05, 0.1) is 0 Å². The summed E-state index contributed by atoms with van der Waals surface area (Å²) in [6.45, 7) is 0. The number of carbonyl (C=O) groups excluding carboxylic acids is 1. The minimum absolute atomic E-state index is 0.00111. The molecular formula is C8H10N2O3. The Morgan fingerprint density at radius 2 is 2.23 bits per heavy atom. The van der Waals surface area contributed by atoms with Gasteiger partial charge in [0, 0.05) is 20.3 Å². The third-order valence-electron chi connectivity index (χ3n) is 1.34. The monoisotopic (exact) mass is 182 g/mol. The Kier molecular flexibility index (Phi) is 2.69. The molecule has 1 N–H and O–H groups in total. The van der Waals surface area contributed by atoms with E-state index in [4.69, 9.17) is 4.74 Å². The number of rotatable bonds is 1. The summed E-state index contributed by atoms with van der Waals surface area (Å²) in [6.07, 6.45) is 0.895. The minimum atomic E-state index is -0.572. The van der Waals surface area contributed by atoms with Crippen LogP contribution < -0.4 is 10.3 Å². The normalized spacial score (nSPS) is 9.38. The first kappa shape index (κ1) is 9.31. The molecule has 5 nitrogen and oxygen atoms in total. The molecule has 1 amide bonds. The van der Waals surface area contributed by atoms with Crippen molar-refractivity contribution in [2.75, 3.05) is 14.1 Å². The number of aromatic amines is 1. The van der Waals surface area contributed by atoms with E-state index in [0.29, 0.717) is 0 Å². The first-order chi connectivity index (χ1) is 6.11. The molecule has 0 fully saturated rings. The van der Waals surface area contributed by atoms with E-state index in [1.165, 1.54) is 17.2 Å². The molecule has 1 aromatic heterocycles. The number of amides is 1. The highest BCUT2D eigenvalue weighted by Gasteiger charge is 2.08. The molecule has 1 rings (SSSR count). The second-order valence-electron chi connectivity index (χ2n) is 2.63. The summed E-state index contributed by atoms with van der Waals surface area (Å²) in [5.74, 6) is 0.00111. The van der Waals surface area contributed by atoms with E-state index in [9.17, 15) is 9.59 Å². The zero-order valence-electron chi connectivity index (χ0n) is 7.40. The lowest BCUT2D eigenvalue weighted by atomic mass is 10.4. The number of hydrogen-bond acceptors (Lipinski definition) is 3. The predicted molar refractivity (Wildman–Crippen MR) is 46.8 cm³/mol. The minimum Gasteiger partial charge on any atom is -0.404 e. The average molecular weight is 182 g/mol. The first-order valence-electron chi connectivity index (χ1n) is 3.68. The molecule has 0 unspecified atom stereocenters. The highest BCUT2D eigenvalue weighted by molar-refractivity contribution is 5.69. The van der Waals surface area contributed by atoms with E-state index in [1.54, 1.807) is 20.2 Å². The van der Waals surface area contributed by atoms with Crippen LogP contribution in [0.1, 0.15) is 0 Å². The number of nitrogens with one attached hydrogen (secondary N) is 1. The lowest BCUT2D eigenvalue weighted by Gasteiger charge is -2.09. The largest absolute Gasteiger partial charge is 0.414 e. The van der Waals surface area contributed by atoms with Gasteiger partial charge in [-0.3, -0.25) is 4.79 Å². The molecule has 0 aliphatic carbocycles. The van der Waals surface area contributed by atoms with E-state index in [1.807, 2.05) is 0 Å². The number of aromatic nitrogens is 1. The van der Waals surface area contributed by atoms with Gasteiger partial charge in [-0.15, -0.1) is 0 Å². The van der Waals surface area contributed by atoms with Gasteiger partial charge in [-0.25, -0.2) is 4.79 Å². The van der Waals surface area contributed by atoms with Crippen LogP contribution in [0.25, 0.3) is 0 Å². The average Bonchev–Trinajstić information content (AvgIpc) is 2.08. The summed E-state index contributed by atoms with van der Waals surface area (Å²) in [4.78, 5) is 25.7. The first-order valence-corrected chi connectivity index (χ1v) is 3.68. The fourth-order valence-corrected chi connectivity index (χ4v) is 0.672. The number of hydrogen-bond donors (Lipinski definition) is 1. The fraction of sp³-hybridized carbons (Fsp3) is 0.250. The lowest BCUT2D eigenvalue weighted by molar-refractivity contribution is 0.171. The van der Waals surface area contributed by atoms with Crippen LogP contribution >= 0.6 is 0 Å². The number of carbonyl (C=O) groups is 1. The molecular weight excluding hydrogens is 172 g/mol. The van der Waals surface area contributed by atoms with Crippen molar-refractivity contribution in [2.24, 2.45) is 0 Å². The maximum atomic E-state index is 11.0. The SMILES string of the molecule is CN(C)C(=O)Oc1ccc[nH]c1=O. The third-order valence-corrected chi connectivity index (χ3v) is 1.34. The van der Waals surface area contributed by atoms with E-state index in [-0.39, 0.29) is 5.75 Å². The van der Waals surface area contributed by atoms with E-state index in [2.05, 4.69) is 4.98 Å². The smallest absolute Gasteiger partial charge is 0.404 e. The van der Waals surface area contributed by atoms with Crippen LogP contribution in [-0.4, -0.2) is 30.1 Å². The van der Waals surface area contributed by atoms with E-state index < -0.39 is 11.7 Å². The lowest BCUT2D eigenvalue weighted by Crippen LogP contribution is -2.27. The van der Waals surface area contributed by atoms with Gasteiger partial charge in [0.15, 0.2) is 5.75 Å². The maximum absolute atomic E-state index is 11.0. The highest BCUT2D eigenvalue weighted by Crippen LogP contribution is 2.00. The molecule has 0 radical (unpaired) electrons. The van der Waals surface area contributed by atoms with Crippen LogP contribution in [-0.2, 0) is 0 Å². The molecule has 0 aromatic carbocycles. The standard InChI is InChI=1S/C8H10N2O3/c1-10(2)8(12)13-6-4-3-5-9-7(6)11/h3-5H,1-2H3,(H,9,11). The molecule has 13 heavy (non-hydrogen) atoms. The van der Waals surface area contributed by atoms with E-state index >= 15 is 0 Å². The van der Waals surface area contributed by atoms with Crippen LogP contribution in [0.5, 0.6) is 5.75 Å². The van der Waals surface area contributed by atoms with Crippen molar-refractivity contribution in [1.29, 1.82) is 0 Å². The topological polar surface area (TPSA) is 62.4 Å². The van der Waals surface area contributed by atoms with Crippen molar-refractivity contribution in [3.05, 3.63) is 28.7 Å². The second kappa shape index (κ2) is 3.75. The Hall–Kier alpha value is -1.78. The Morgan fingerprint density at radius 1 is 1.54 bits per heavy atom. The van der Waals surface area contributed by atoms with Crippen LogP contribution in [0.4, 0.5) is 4.79 Å². The van der Waals surface area contributed by atoms with Crippen molar-refractivity contribution in [3.63, 3.8) is 0 Å². The summed E-state index contributed by atoms with van der Waals surface area (Å²) in [5, 5.41) is 0. The fourth-order valence-electron chi connectivity index (χ4n) is 0.672. The maximum Gasteiger partial charge on any atom is 0.414 e. The van der Waals surface area contributed by atoms with Crippen molar-refractivity contribution in [3.8, 4) is 5.75 Å². The Bertz CT molecular complexity index is 356.